The van der Waals surface area contributed by atoms with Gasteiger partial charge in [-0.25, -0.2) is 17.2 Å². The third-order valence-electron chi connectivity index (χ3n) is 7.36. The molecule has 0 aliphatic carbocycles. The number of carbonyl (C=O) groups excluding carboxylic acids is 2. The van der Waals surface area contributed by atoms with Gasteiger partial charge in [0.2, 0.25) is 0 Å². The molecule has 252 valence electrons. The van der Waals surface area contributed by atoms with Gasteiger partial charge in [-0.15, -0.1) is 12.4 Å². The van der Waals surface area contributed by atoms with Gasteiger partial charge in [0.25, 0.3) is 11.8 Å². The van der Waals surface area contributed by atoms with Gasteiger partial charge in [0.15, 0.2) is 9.84 Å². The average molecular weight is 680 g/mol. The van der Waals surface area contributed by atoms with Crippen LogP contribution in [-0.4, -0.2) is 68.3 Å². The minimum Gasteiger partial charge on any atom is -0.390 e. The van der Waals surface area contributed by atoms with Crippen LogP contribution in [0.25, 0.3) is 0 Å². The normalized spacial score (nSPS) is 12.6. The SMILES string of the molecule is CCCN(CCC)C(=O)c1cc(C(=O)N[C@@H](Cc2cc(F)cc(F)c2)[C@H](O)CNCc2cccc(CC)c2)cc(S(C)(=O)=O)c1.Cl. The van der Waals surface area contributed by atoms with Gasteiger partial charge in [-0.2, -0.15) is 0 Å². The van der Waals surface area contributed by atoms with E-state index in [2.05, 4.69) is 17.6 Å². The van der Waals surface area contributed by atoms with Crippen LogP contribution in [-0.2, 0) is 29.2 Å². The molecule has 0 fully saturated rings. The predicted molar refractivity (Wildman–Crippen MR) is 178 cm³/mol. The summed E-state index contributed by atoms with van der Waals surface area (Å²) in [6.07, 6.45) is 1.94. The number of sulfone groups is 1. The molecule has 0 unspecified atom stereocenters. The van der Waals surface area contributed by atoms with Crippen LogP contribution in [0, 0.1) is 11.6 Å². The van der Waals surface area contributed by atoms with Crippen LogP contribution in [0.15, 0.2) is 65.6 Å². The molecule has 0 saturated carbocycles. The number of aliphatic hydroxyl groups is 1. The van der Waals surface area contributed by atoms with Gasteiger partial charge in [0.05, 0.1) is 17.0 Å². The molecule has 3 N–H and O–H groups in total. The fourth-order valence-electron chi connectivity index (χ4n) is 5.09. The Balaban J connectivity index is 0.00000736. The molecule has 0 radical (unpaired) electrons. The van der Waals surface area contributed by atoms with E-state index in [1.807, 2.05) is 38.1 Å². The number of benzene rings is 3. The number of rotatable bonds is 16. The Morgan fingerprint density at radius 1 is 0.870 bits per heavy atom. The van der Waals surface area contributed by atoms with Gasteiger partial charge < -0.3 is 20.6 Å². The Labute approximate surface area is 276 Å². The molecule has 0 aromatic heterocycles. The Morgan fingerprint density at radius 3 is 2.07 bits per heavy atom. The number of hydrogen-bond donors (Lipinski definition) is 3. The number of hydrogen-bond acceptors (Lipinski definition) is 6. The molecule has 2 amide bonds. The summed E-state index contributed by atoms with van der Waals surface area (Å²) in [5, 5.41) is 17.1. The van der Waals surface area contributed by atoms with Crippen LogP contribution in [0.4, 0.5) is 8.78 Å². The van der Waals surface area contributed by atoms with Crippen molar-refractivity contribution in [2.24, 2.45) is 0 Å². The van der Waals surface area contributed by atoms with Gasteiger partial charge in [0.1, 0.15) is 11.6 Å². The van der Waals surface area contributed by atoms with Crippen molar-refractivity contribution >= 4 is 34.1 Å². The molecule has 0 saturated heterocycles. The fourth-order valence-corrected chi connectivity index (χ4v) is 5.77. The molecular formula is C34H44ClF2N3O5S. The number of carbonyl (C=O) groups is 2. The minimum absolute atomic E-state index is 0. The summed E-state index contributed by atoms with van der Waals surface area (Å²) in [5.41, 5.74) is 2.33. The van der Waals surface area contributed by atoms with Crippen molar-refractivity contribution < 1.29 is 31.9 Å². The standard InChI is InChI=1S/C34H43F2N3O5S.ClH/c1-5-11-39(12-6-2)34(42)27-17-26(18-30(19-27)45(4,43)44)33(41)38-31(16-25-14-28(35)20-29(36)15-25)32(40)22-37-21-24-10-8-9-23(7-3)13-24;/h8-10,13-15,17-20,31-32,37,40H,5-7,11-12,16,21-22H2,1-4H3,(H,38,41);1H/t31-,32+;/m0./s1. The lowest BCUT2D eigenvalue weighted by Gasteiger charge is -2.25. The lowest BCUT2D eigenvalue weighted by Crippen LogP contribution is -2.48. The molecule has 3 rings (SSSR count). The molecule has 46 heavy (non-hydrogen) atoms. The first-order valence-electron chi connectivity index (χ1n) is 15.2. The average Bonchev–Trinajstić information content (AvgIpc) is 2.99. The van der Waals surface area contributed by atoms with Crippen LogP contribution >= 0.6 is 12.4 Å². The number of aliphatic hydroxyl groups excluding tert-OH is 1. The summed E-state index contributed by atoms with van der Waals surface area (Å²) in [7, 11) is -3.80. The molecule has 0 aliphatic heterocycles. The summed E-state index contributed by atoms with van der Waals surface area (Å²) < 4.78 is 53.1. The maximum absolute atomic E-state index is 14.0. The highest BCUT2D eigenvalue weighted by molar-refractivity contribution is 7.90. The van der Waals surface area contributed by atoms with E-state index in [0.717, 1.165) is 42.0 Å². The molecular weight excluding hydrogens is 636 g/mol. The smallest absolute Gasteiger partial charge is 0.253 e. The Kier molecular flexibility index (Phi) is 15.3. The fraction of sp³-hybridized carbons (Fsp3) is 0.412. The molecule has 12 heteroatoms. The topological polar surface area (TPSA) is 116 Å². The quantitative estimate of drug-likeness (QED) is 0.194. The molecule has 3 aromatic carbocycles. The van der Waals surface area contributed by atoms with Gasteiger partial charge in [-0.3, -0.25) is 9.59 Å². The van der Waals surface area contributed by atoms with Crippen molar-refractivity contribution in [1.29, 1.82) is 0 Å². The molecule has 0 spiro atoms. The van der Waals surface area contributed by atoms with E-state index in [1.54, 1.807) is 4.90 Å². The van der Waals surface area contributed by atoms with Crippen molar-refractivity contribution in [2.75, 3.05) is 25.9 Å². The van der Waals surface area contributed by atoms with Gasteiger partial charge in [-0.1, -0.05) is 45.0 Å². The van der Waals surface area contributed by atoms with Gasteiger partial charge in [-0.05, 0) is 72.7 Å². The monoisotopic (exact) mass is 679 g/mol. The molecule has 0 heterocycles. The second kappa shape index (κ2) is 18.1. The van der Waals surface area contributed by atoms with E-state index < -0.39 is 45.4 Å². The van der Waals surface area contributed by atoms with Crippen molar-refractivity contribution in [3.63, 3.8) is 0 Å². The second-order valence-corrected chi connectivity index (χ2v) is 13.3. The number of halogens is 3. The zero-order valence-corrected chi connectivity index (χ0v) is 28.3. The summed E-state index contributed by atoms with van der Waals surface area (Å²) in [5.74, 6) is -2.75. The van der Waals surface area contributed by atoms with Crippen LogP contribution < -0.4 is 10.6 Å². The van der Waals surface area contributed by atoms with Crippen LogP contribution in [0.1, 0.15) is 71.0 Å². The van der Waals surface area contributed by atoms with Gasteiger partial charge >= 0.3 is 0 Å². The maximum Gasteiger partial charge on any atom is 0.253 e. The number of amides is 2. The second-order valence-electron chi connectivity index (χ2n) is 11.2. The first-order valence-corrected chi connectivity index (χ1v) is 17.1. The highest BCUT2D eigenvalue weighted by Gasteiger charge is 2.25. The highest BCUT2D eigenvalue weighted by Crippen LogP contribution is 2.19. The Bertz CT molecular complexity index is 1560. The first kappa shape index (κ1) is 38.8. The number of nitrogens with zero attached hydrogens (tertiary/aromatic N) is 1. The molecule has 2 atom stereocenters. The van der Waals surface area contributed by atoms with Crippen LogP contribution in [0.3, 0.4) is 0 Å². The van der Waals surface area contributed by atoms with E-state index in [4.69, 9.17) is 0 Å². The summed E-state index contributed by atoms with van der Waals surface area (Å²) in [6, 6.07) is 13.7. The summed E-state index contributed by atoms with van der Waals surface area (Å²) >= 11 is 0. The van der Waals surface area contributed by atoms with E-state index >= 15 is 0 Å². The summed E-state index contributed by atoms with van der Waals surface area (Å²) in [6.45, 7) is 7.31. The van der Waals surface area contributed by atoms with E-state index in [9.17, 15) is 31.9 Å². The third-order valence-corrected chi connectivity index (χ3v) is 8.45. The lowest BCUT2D eigenvalue weighted by molar-refractivity contribution is 0.0755. The highest BCUT2D eigenvalue weighted by atomic mass is 35.5. The van der Waals surface area contributed by atoms with Crippen molar-refractivity contribution in [3.8, 4) is 0 Å². The largest absolute Gasteiger partial charge is 0.390 e. The van der Waals surface area contributed by atoms with Crippen molar-refractivity contribution in [2.45, 2.75) is 70.0 Å². The van der Waals surface area contributed by atoms with Crippen molar-refractivity contribution in [1.82, 2.24) is 15.5 Å². The first-order chi connectivity index (χ1) is 21.3. The zero-order chi connectivity index (χ0) is 33.1. The van der Waals surface area contributed by atoms with Crippen LogP contribution in [0.2, 0.25) is 0 Å². The van der Waals surface area contributed by atoms with E-state index in [1.165, 1.54) is 18.2 Å². The predicted octanol–water partition coefficient (Wildman–Crippen LogP) is 5.11. The third kappa shape index (κ3) is 11.5. The zero-order valence-electron chi connectivity index (χ0n) is 26.7. The van der Waals surface area contributed by atoms with Gasteiger partial charge in [0, 0.05) is 49.6 Å². The minimum atomic E-state index is -3.80. The molecule has 8 nitrogen and oxygen atoms in total. The van der Waals surface area contributed by atoms with Crippen LogP contribution in [0.5, 0.6) is 0 Å². The maximum atomic E-state index is 14.0. The van der Waals surface area contributed by atoms with Crippen molar-refractivity contribution in [3.05, 3.63) is 100 Å². The summed E-state index contributed by atoms with van der Waals surface area (Å²) in [4.78, 5) is 28.4. The number of aryl methyl sites for hydroxylation is 1. The lowest BCUT2D eigenvalue weighted by atomic mass is 9.99. The Hall–Kier alpha value is -3.38. The van der Waals surface area contributed by atoms with E-state index in [-0.39, 0.29) is 47.0 Å². The number of nitrogens with one attached hydrogen (secondary N) is 2. The molecule has 3 aromatic rings. The molecule has 0 bridgehead atoms. The Morgan fingerprint density at radius 2 is 1.48 bits per heavy atom. The molecule has 0 aliphatic rings. The van der Waals surface area contributed by atoms with E-state index in [0.29, 0.717) is 32.5 Å².